The summed E-state index contributed by atoms with van der Waals surface area (Å²) in [4.78, 5) is 3.34. The average Bonchev–Trinajstić information content (AvgIpc) is 2.85. The van der Waals surface area contributed by atoms with Gasteiger partial charge in [0.25, 0.3) is 0 Å². The van der Waals surface area contributed by atoms with Gasteiger partial charge in [0.05, 0.1) is 0 Å². The summed E-state index contributed by atoms with van der Waals surface area (Å²) in [5, 5.41) is 4.80. The number of rotatable bonds is 1. The molecule has 3 rings (SSSR count). The van der Waals surface area contributed by atoms with E-state index in [1.165, 1.54) is 22.9 Å². The molecule has 2 nitrogen and oxygen atoms in total. The SMILES string of the molecule is c1ccc2c([C@@H]3CCNC3)c[nH]c2c1. The van der Waals surface area contributed by atoms with Crippen LogP contribution in [-0.4, -0.2) is 18.1 Å². The molecule has 0 radical (unpaired) electrons. The van der Waals surface area contributed by atoms with Crippen LogP contribution >= 0.6 is 0 Å². The number of aromatic amines is 1. The summed E-state index contributed by atoms with van der Waals surface area (Å²) >= 11 is 0. The van der Waals surface area contributed by atoms with E-state index in [2.05, 4.69) is 40.8 Å². The van der Waals surface area contributed by atoms with Crippen molar-refractivity contribution in [3.8, 4) is 0 Å². The zero-order valence-electron chi connectivity index (χ0n) is 8.09. The molecular formula is C12H14N2. The topological polar surface area (TPSA) is 27.8 Å². The predicted molar refractivity (Wildman–Crippen MR) is 58.5 cm³/mol. The van der Waals surface area contributed by atoms with Gasteiger partial charge in [0.2, 0.25) is 0 Å². The molecule has 2 heterocycles. The van der Waals surface area contributed by atoms with Crippen molar-refractivity contribution in [1.82, 2.24) is 10.3 Å². The van der Waals surface area contributed by atoms with E-state index in [1.807, 2.05) is 0 Å². The number of nitrogens with one attached hydrogen (secondary N) is 2. The van der Waals surface area contributed by atoms with Crippen molar-refractivity contribution in [2.45, 2.75) is 12.3 Å². The number of hydrogen-bond donors (Lipinski definition) is 2. The summed E-state index contributed by atoms with van der Waals surface area (Å²) < 4.78 is 0. The number of hydrogen-bond acceptors (Lipinski definition) is 1. The van der Waals surface area contributed by atoms with Gasteiger partial charge in [0.15, 0.2) is 0 Å². The maximum Gasteiger partial charge on any atom is 0.0456 e. The van der Waals surface area contributed by atoms with Crippen LogP contribution in [0.25, 0.3) is 10.9 Å². The monoisotopic (exact) mass is 186 g/mol. The first-order valence-corrected chi connectivity index (χ1v) is 5.22. The lowest BCUT2D eigenvalue weighted by atomic mass is 9.98. The molecule has 1 fully saturated rings. The van der Waals surface area contributed by atoms with E-state index in [0.29, 0.717) is 5.92 Å². The zero-order chi connectivity index (χ0) is 9.38. The van der Waals surface area contributed by atoms with Gasteiger partial charge in [-0.1, -0.05) is 18.2 Å². The Hall–Kier alpha value is -1.28. The lowest BCUT2D eigenvalue weighted by molar-refractivity contribution is 0.769. The van der Waals surface area contributed by atoms with E-state index in [4.69, 9.17) is 0 Å². The molecule has 1 aliphatic rings. The van der Waals surface area contributed by atoms with E-state index in [9.17, 15) is 0 Å². The second kappa shape index (κ2) is 3.14. The molecule has 2 N–H and O–H groups in total. The highest BCUT2D eigenvalue weighted by Crippen LogP contribution is 2.28. The van der Waals surface area contributed by atoms with Crippen molar-refractivity contribution >= 4 is 10.9 Å². The molecule has 1 saturated heterocycles. The number of benzene rings is 1. The molecule has 1 aliphatic heterocycles. The van der Waals surface area contributed by atoms with Crippen molar-refractivity contribution in [1.29, 1.82) is 0 Å². The summed E-state index contributed by atoms with van der Waals surface area (Å²) in [7, 11) is 0. The highest BCUT2D eigenvalue weighted by atomic mass is 14.9. The van der Waals surface area contributed by atoms with E-state index >= 15 is 0 Å². The molecule has 0 bridgehead atoms. The van der Waals surface area contributed by atoms with Crippen LogP contribution in [-0.2, 0) is 0 Å². The maximum absolute atomic E-state index is 3.41. The molecule has 2 aromatic rings. The first kappa shape index (κ1) is 8.06. The Bertz CT molecular complexity index is 438. The average molecular weight is 186 g/mol. The minimum atomic E-state index is 0.700. The molecule has 72 valence electrons. The summed E-state index contributed by atoms with van der Waals surface area (Å²) in [6, 6.07) is 8.54. The van der Waals surface area contributed by atoms with Crippen molar-refractivity contribution in [2.24, 2.45) is 0 Å². The van der Waals surface area contributed by atoms with Crippen LogP contribution < -0.4 is 5.32 Å². The van der Waals surface area contributed by atoms with E-state index < -0.39 is 0 Å². The fourth-order valence-electron chi connectivity index (χ4n) is 2.35. The van der Waals surface area contributed by atoms with E-state index in [-0.39, 0.29) is 0 Å². The molecule has 0 spiro atoms. The van der Waals surface area contributed by atoms with Crippen LogP contribution in [0.3, 0.4) is 0 Å². The number of fused-ring (bicyclic) bond motifs is 1. The van der Waals surface area contributed by atoms with Crippen LogP contribution in [0.5, 0.6) is 0 Å². The Kier molecular flexibility index (Phi) is 1.81. The Morgan fingerprint density at radius 3 is 3.00 bits per heavy atom. The van der Waals surface area contributed by atoms with Crippen LogP contribution in [0.4, 0.5) is 0 Å². The van der Waals surface area contributed by atoms with Gasteiger partial charge in [-0.15, -0.1) is 0 Å². The molecule has 0 aliphatic carbocycles. The van der Waals surface area contributed by atoms with Gasteiger partial charge in [-0.3, -0.25) is 0 Å². The van der Waals surface area contributed by atoms with Gasteiger partial charge in [-0.05, 0) is 30.5 Å². The lowest BCUT2D eigenvalue weighted by Crippen LogP contribution is -2.07. The number of aromatic nitrogens is 1. The van der Waals surface area contributed by atoms with E-state index in [1.54, 1.807) is 0 Å². The van der Waals surface area contributed by atoms with Crippen LogP contribution in [0.15, 0.2) is 30.5 Å². The quantitative estimate of drug-likeness (QED) is 0.702. The molecule has 1 aromatic heterocycles. The summed E-state index contributed by atoms with van der Waals surface area (Å²) in [5.41, 5.74) is 2.74. The third-order valence-electron chi connectivity index (χ3n) is 3.12. The first-order chi connectivity index (χ1) is 6.95. The molecule has 0 saturated carbocycles. The largest absolute Gasteiger partial charge is 0.361 e. The van der Waals surface area contributed by atoms with Crippen LogP contribution in [0.1, 0.15) is 17.9 Å². The van der Waals surface area contributed by atoms with Gasteiger partial charge in [0, 0.05) is 23.6 Å². The third-order valence-corrected chi connectivity index (χ3v) is 3.12. The number of H-pyrrole nitrogens is 1. The Balaban J connectivity index is 2.11. The second-order valence-corrected chi connectivity index (χ2v) is 3.98. The fourth-order valence-corrected chi connectivity index (χ4v) is 2.35. The smallest absolute Gasteiger partial charge is 0.0456 e. The first-order valence-electron chi connectivity index (χ1n) is 5.22. The van der Waals surface area contributed by atoms with Gasteiger partial charge >= 0.3 is 0 Å². The van der Waals surface area contributed by atoms with Crippen molar-refractivity contribution < 1.29 is 0 Å². The van der Waals surface area contributed by atoms with Crippen molar-refractivity contribution in [3.63, 3.8) is 0 Å². The van der Waals surface area contributed by atoms with Crippen LogP contribution in [0, 0.1) is 0 Å². The zero-order valence-corrected chi connectivity index (χ0v) is 8.09. The molecule has 0 amide bonds. The normalized spacial score (nSPS) is 21.9. The Morgan fingerprint density at radius 1 is 1.21 bits per heavy atom. The molecular weight excluding hydrogens is 172 g/mol. The van der Waals surface area contributed by atoms with Gasteiger partial charge in [-0.2, -0.15) is 0 Å². The van der Waals surface area contributed by atoms with Crippen molar-refractivity contribution in [2.75, 3.05) is 13.1 Å². The second-order valence-electron chi connectivity index (χ2n) is 3.98. The van der Waals surface area contributed by atoms with Gasteiger partial charge < -0.3 is 10.3 Å². The summed E-state index contributed by atoms with van der Waals surface area (Å²) in [6.07, 6.45) is 3.43. The van der Waals surface area contributed by atoms with Gasteiger partial charge in [-0.25, -0.2) is 0 Å². The molecule has 1 aromatic carbocycles. The summed E-state index contributed by atoms with van der Waals surface area (Å²) in [5.74, 6) is 0.700. The van der Waals surface area contributed by atoms with Crippen molar-refractivity contribution in [3.05, 3.63) is 36.0 Å². The predicted octanol–water partition coefficient (Wildman–Crippen LogP) is 2.24. The Morgan fingerprint density at radius 2 is 2.14 bits per heavy atom. The minimum Gasteiger partial charge on any atom is -0.361 e. The molecule has 0 unspecified atom stereocenters. The third kappa shape index (κ3) is 1.15. The maximum atomic E-state index is 3.41. The summed E-state index contributed by atoms with van der Waals surface area (Å²) in [6.45, 7) is 2.28. The van der Waals surface area contributed by atoms with Crippen LogP contribution in [0.2, 0.25) is 0 Å². The fraction of sp³-hybridized carbons (Fsp3) is 0.333. The molecule has 2 heteroatoms. The Labute approximate surface area is 83.3 Å². The molecule has 1 atom stereocenters. The molecule has 14 heavy (non-hydrogen) atoms. The number of para-hydroxylation sites is 1. The highest BCUT2D eigenvalue weighted by molar-refractivity contribution is 5.83. The highest BCUT2D eigenvalue weighted by Gasteiger charge is 2.19. The minimum absolute atomic E-state index is 0.700. The lowest BCUT2D eigenvalue weighted by Gasteiger charge is -2.05. The van der Waals surface area contributed by atoms with Gasteiger partial charge in [0.1, 0.15) is 0 Å². The standard InChI is InChI=1S/C12H14N2/c1-2-4-12-10(3-1)11(8-14-12)9-5-6-13-7-9/h1-4,8-9,13-14H,5-7H2/t9-/m1/s1. The van der Waals surface area contributed by atoms with E-state index in [0.717, 1.165) is 13.1 Å².